The van der Waals surface area contributed by atoms with Gasteiger partial charge in [0, 0.05) is 25.3 Å². The van der Waals surface area contributed by atoms with Crippen molar-refractivity contribution in [3.05, 3.63) is 59.7 Å². The molecule has 11 heteroatoms. The van der Waals surface area contributed by atoms with Crippen molar-refractivity contribution in [2.24, 2.45) is 21.0 Å². The summed E-state index contributed by atoms with van der Waals surface area (Å²) in [6, 6.07) is 12.3. The fourth-order valence-electron chi connectivity index (χ4n) is 2.15. The molecule has 0 bridgehead atoms. The van der Waals surface area contributed by atoms with E-state index < -0.39 is 13.2 Å². The maximum Gasteiger partial charge on any atom is 0.387 e. The highest BCUT2D eigenvalue weighted by atomic mass is 19.3. The van der Waals surface area contributed by atoms with E-state index in [0.29, 0.717) is 12.8 Å². The molecule has 0 amide bonds. The molecule has 0 aliphatic heterocycles. The van der Waals surface area contributed by atoms with E-state index in [1.54, 1.807) is 24.3 Å². The predicted octanol–water partition coefficient (Wildman–Crippen LogP) is 3.55. The maximum atomic E-state index is 12.1. The van der Waals surface area contributed by atoms with Crippen LogP contribution in [0.3, 0.4) is 0 Å². The van der Waals surface area contributed by atoms with Crippen LogP contribution in [-0.2, 0) is 12.8 Å². The van der Waals surface area contributed by atoms with Crippen molar-refractivity contribution < 1.29 is 27.0 Å². The van der Waals surface area contributed by atoms with Gasteiger partial charge in [0.1, 0.15) is 11.5 Å². The van der Waals surface area contributed by atoms with Crippen molar-refractivity contribution >= 4 is 18.4 Å². The van der Waals surface area contributed by atoms with Crippen molar-refractivity contribution in [2.45, 2.75) is 26.1 Å². The van der Waals surface area contributed by atoms with E-state index in [1.165, 1.54) is 36.7 Å². The average molecular weight is 425 g/mol. The molecule has 160 valence electrons. The van der Waals surface area contributed by atoms with E-state index in [-0.39, 0.29) is 17.5 Å². The highest BCUT2D eigenvalue weighted by Gasteiger charge is 2.04. The van der Waals surface area contributed by atoms with Crippen LogP contribution < -0.4 is 20.6 Å². The van der Waals surface area contributed by atoms with Crippen molar-refractivity contribution in [1.29, 1.82) is 0 Å². The molecular formula is C19H19F4N5O2. The molecule has 0 atom stereocenters. The molecule has 2 aromatic rings. The van der Waals surface area contributed by atoms with Crippen LogP contribution in [-0.4, -0.2) is 31.6 Å². The number of hydrazone groups is 1. The minimum Gasteiger partial charge on any atom is -0.435 e. The van der Waals surface area contributed by atoms with Crippen LogP contribution in [0.25, 0.3) is 0 Å². The van der Waals surface area contributed by atoms with Crippen LogP contribution in [0.1, 0.15) is 11.1 Å². The minimum absolute atomic E-state index is 0.0381. The maximum absolute atomic E-state index is 12.1. The zero-order chi connectivity index (χ0) is 21.8. The van der Waals surface area contributed by atoms with Gasteiger partial charge in [-0.2, -0.15) is 27.8 Å². The molecule has 0 aromatic heterocycles. The molecule has 0 heterocycles. The first-order valence-corrected chi connectivity index (χ1v) is 8.62. The van der Waals surface area contributed by atoms with E-state index in [2.05, 4.69) is 30.2 Å². The summed E-state index contributed by atoms with van der Waals surface area (Å²) in [5.74, 6) is 0.117. The lowest BCUT2D eigenvalue weighted by Crippen LogP contribution is -2.26. The fraction of sp³-hybridized carbons (Fsp3) is 0.211. The Labute approximate surface area is 169 Å². The van der Waals surface area contributed by atoms with Gasteiger partial charge in [0.05, 0.1) is 0 Å². The van der Waals surface area contributed by atoms with E-state index in [4.69, 9.17) is 5.73 Å². The van der Waals surface area contributed by atoms with Gasteiger partial charge in [-0.25, -0.2) is 5.43 Å². The number of nitrogens with one attached hydrogen (secondary N) is 1. The Morgan fingerprint density at radius 2 is 1.30 bits per heavy atom. The Bertz CT molecular complexity index is 856. The lowest BCUT2D eigenvalue weighted by Gasteiger charge is -2.04. The fourth-order valence-corrected chi connectivity index (χ4v) is 2.15. The summed E-state index contributed by atoms with van der Waals surface area (Å²) in [7, 11) is 0. The summed E-state index contributed by atoms with van der Waals surface area (Å²) in [6.45, 7) is -5.72. The van der Waals surface area contributed by atoms with E-state index in [1.807, 2.05) is 0 Å². The number of guanidine groups is 1. The van der Waals surface area contributed by atoms with Crippen molar-refractivity contribution in [3.63, 3.8) is 0 Å². The van der Waals surface area contributed by atoms with Gasteiger partial charge < -0.3 is 15.2 Å². The molecule has 7 nitrogen and oxygen atoms in total. The molecule has 0 spiro atoms. The predicted molar refractivity (Wildman–Crippen MR) is 105 cm³/mol. The molecule has 3 N–H and O–H groups in total. The number of alkyl halides is 4. The second kappa shape index (κ2) is 12.0. The second-order valence-electron chi connectivity index (χ2n) is 5.66. The van der Waals surface area contributed by atoms with Gasteiger partial charge in [0.15, 0.2) is 0 Å². The first kappa shape index (κ1) is 22.7. The van der Waals surface area contributed by atoms with Crippen LogP contribution >= 0.6 is 0 Å². The molecule has 2 rings (SSSR count). The zero-order valence-electron chi connectivity index (χ0n) is 15.6. The largest absolute Gasteiger partial charge is 0.435 e. The Kier molecular flexibility index (Phi) is 9.10. The number of benzene rings is 2. The SMILES string of the molecule is NC(=N/N=C/Cc1ccc(OC(F)F)cc1)N/N=C/Cc1ccc(OC(F)F)cc1. The number of hydrogen-bond donors (Lipinski definition) is 2. The Morgan fingerprint density at radius 1 is 0.833 bits per heavy atom. The number of halogens is 4. The highest BCUT2D eigenvalue weighted by molar-refractivity contribution is 5.79. The highest BCUT2D eigenvalue weighted by Crippen LogP contribution is 2.15. The first-order chi connectivity index (χ1) is 14.4. The number of rotatable bonds is 10. The monoisotopic (exact) mass is 425 g/mol. The van der Waals surface area contributed by atoms with Crippen LogP contribution in [0, 0.1) is 0 Å². The number of nitrogens with two attached hydrogens (primary N) is 1. The topological polar surface area (TPSA) is 93.6 Å². The van der Waals surface area contributed by atoms with Crippen molar-refractivity contribution in [3.8, 4) is 11.5 Å². The lowest BCUT2D eigenvalue weighted by molar-refractivity contribution is -0.0505. The summed E-state index contributed by atoms with van der Waals surface area (Å²) >= 11 is 0. The summed E-state index contributed by atoms with van der Waals surface area (Å²) in [6.07, 6.45) is 3.87. The third kappa shape index (κ3) is 9.04. The van der Waals surface area contributed by atoms with E-state index in [9.17, 15) is 17.6 Å². The van der Waals surface area contributed by atoms with Crippen LogP contribution in [0.4, 0.5) is 17.6 Å². The Hall–Kier alpha value is -3.63. The summed E-state index contributed by atoms with van der Waals surface area (Å²) in [5, 5.41) is 11.4. The normalized spacial score (nSPS) is 12.3. The third-order valence-corrected chi connectivity index (χ3v) is 3.47. The summed E-state index contributed by atoms with van der Waals surface area (Å²) in [5.41, 5.74) is 9.75. The number of nitrogens with zero attached hydrogens (tertiary/aromatic N) is 3. The quantitative estimate of drug-likeness (QED) is 0.264. The van der Waals surface area contributed by atoms with Crippen LogP contribution in [0.5, 0.6) is 11.5 Å². The molecule has 0 fully saturated rings. The van der Waals surface area contributed by atoms with Gasteiger partial charge in [0.25, 0.3) is 0 Å². The molecule has 30 heavy (non-hydrogen) atoms. The van der Waals surface area contributed by atoms with Gasteiger partial charge in [-0.15, -0.1) is 5.10 Å². The molecule has 0 radical (unpaired) electrons. The van der Waals surface area contributed by atoms with Crippen LogP contribution in [0.15, 0.2) is 63.8 Å². The molecule has 0 saturated carbocycles. The molecule has 0 unspecified atom stereocenters. The summed E-state index contributed by atoms with van der Waals surface area (Å²) < 4.78 is 56.9. The molecule has 0 aliphatic rings. The molecular weight excluding hydrogens is 406 g/mol. The molecule has 2 aromatic carbocycles. The lowest BCUT2D eigenvalue weighted by atomic mass is 10.2. The average Bonchev–Trinajstić information content (AvgIpc) is 2.70. The standard InChI is InChI=1S/C19H19F4N5O2/c20-17(21)29-15-5-1-13(2-6-15)9-11-25-27-19(24)28-26-12-10-14-3-7-16(8-4-14)30-18(22)23/h1-8,11-12,17-18H,9-10H2,(H3,24,27,28)/b25-11+,26-12+. The van der Waals surface area contributed by atoms with Gasteiger partial charge in [-0.3, -0.25) is 0 Å². The Morgan fingerprint density at radius 3 is 1.77 bits per heavy atom. The smallest absolute Gasteiger partial charge is 0.387 e. The first-order valence-electron chi connectivity index (χ1n) is 8.62. The van der Waals surface area contributed by atoms with E-state index >= 15 is 0 Å². The van der Waals surface area contributed by atoms with Crippen molar-refractivity contribution in [1.82, 2.24) is 5.43 Å². The molecule has 0 saturated heterocycles. The third-order valence-electron chi connectivity index (χ3n) is 3.47. The minimum atomic E-state index is -2.86. The number of ether oxygens (including phenoxy) is 2. The Balaban J connectivity index is 1.71. The van der Waals surface area contributed by atoms with Gasteiger partial charge in [-0.1, -0.05) is 24.3 Å². The van der Waals surface area contributed by atoms with Crippen LogP contribution in [0.2, 0.25) is 0 Å². The summed E-state index contributed by atoms with van der Waals surface area (Å²) in [4.78, 5) is 0. The second-order valence-corrected chi connectivity index (χ2v) is 5.66. The molecule has 0 aliphatic carbocycles. The van der Waals surface area contributed by atoms with Gasteiger partial charge in [0.2, 0.25) is 5.96 Å². The zero-order valence-corrected chi connectivity index (χ0v) is 15.6. The van der Waals surface area contributed by atoms with Crippen molar-refractivity contribution in [2.75, 3.05) is 0 Å². The van der Waals surface area contributed by atoms with E-state index in [0.717, 1.165) is 11.1 Å². The van der Waals surface area contributed by atoms with Gasteiger partial charge >= 0.3 is 13.2 Å². The van der Waals surface area contributed by atoms with Gasteiger partial charge in [-0.05, 0) is 35.4 Å². The number of hydrogen-bond acceptors (Lipinski definition) is 5.